The summed E-state index contributed by atoms with van der Waals surface area (Å²) in [6.45, 7) is 0. The first-order valence-corrected chi connectivity index (χ1v) is 2.59. The van der Waals surface area contributed by atoms with E-state index >= 15 is 0 Å². The Morgan fingerprint density at radius 1 is 1.20 bits per heavy atom. The van der Waals surface area contributed by atoms with Crippen molar-refractivity contribution >= 4 is 29.0 Å². The van der Waals surface area contributed by atoms with Crippen LogP contribution in [0.5, 0.6) is 0 Å². The number of benzene rings is 1. The third-order valence-corrected chi connectivity index (χ3v) is 1.02. The monoisotopic (exact) mass is 146 g/mol. The summed E-state index contributed by atoms with van der Waals surface area (Å²) < 4.78 is 0. The number of hydrogen-bond donors (Lipinski definition) is 1. The second kappa shape index (κ2) is 4.30. The summed E-state index contributed by atoms with van der Waals surface area (Å²) in [6.07, 6.45) is 0. The molecule has 0 amide bonds. The highest BCUT2D eigenvalue weighted by atomic mass is 24.3. The van der Waals surface area contributed by atoms with Crippen LogP contribution in [0.15, 0.2) is 30.3 Å². The van der Waals surface area contributed by atoms with Gasteiger partial charge in [-0.2, -0.15) is 0 Å². The maximum Gasteiger partial charge on any atom is 0.335 e. The van der Waals surface area contributed by atoms with Crippen molar-refractivity contribution in [2.75, 3.05) is 0 Å². The molecule has 0 fully saturated rings. The van der Waals surface area contributed by atoms with E-state index in [0.29, 0.717) is 5.56 Å². The minimum atomic E-state index is -0.879. The molecular weight excluding hydrogens is 140 g/mol. The van der Waals surface area contributed by atoms with Crippen molar-refractivity contribution in [1.29, 1.82) is 0 Å². The van der Waals surface area contributed by atoms with Gasteiger partial charge in [-0.15, -0.1) is 0 Å². The Kier molecular flexibility index (Phi) is 4.07. The van der Waals surface area contributed by atoms with E-state index in [9.17, 15) is 4.79 Å². The molecule has 0 bridgehead atoms. The normalized spacial score (nSPS) is 8.00. The molecule has 0 aromatic heterocycles. The van der Waals surface area contributed by atoms with Gasteiger partial charge in [0.25, 0.3) is 0 Å². The summed E-state index contributed by atoms with van der Waals surface area (Å²) in [5, 5.41) is 8.38. The van der Waals surface area contributed by atoms with Gasteiger partial charge in [-0.25, -0.2) is 4.79 Å². The van der Waals surface area contributed by atoms with Crippen LogP contribution in [0.25, 0.3) is 0 Å². The van der Waals surface area contributed by atoms with Crippen molar-refractivity contribution in [2.24, 2.45) is 0 Å². The van der Waals surface area contributed by atoms with E-state index in [2.05, 4.69) is 0 Å². The molecule has 0 unspecified atom stereocenters. The first-order valence-electron chi connectivity index (χ1n) is 2.59. The number of aromatic carboxylic acids is 1. The molecule has 0 spiro atoms. The molecule has 1 rings (SSSR count). The number of hydrogen-bond acceptors (Lipinski definition) is 1. The van der Waals surface area contributed by atoms with Gasteiger partial charge in [-0.05, 0) is 12.1 Å². The molecular formula is C7H6MgO2. The molecule has 48 valence electrons. The molecule has 1 aromatic rings. The van der Waals surface area contributed by atoms with Crippen LogP contribution in [0.2, 0.25) is 0 Å². The van der Waals surface area contributed by atoms with Crippen LogP contribution in [0.3, 0.4) is 0 Å². The van der Waals surface area contributed by atoms with Gasteiger partial charge in [0.1, 0.15) is 0 Å². The molecule has 3 heteroatoms. The average Bonchev–Trinajstić information content (AvgIpc) is 1.90. The SMILES string of the molecule is O=C(O)c1ccccc1.[Mg]. The Bertz CT molecular complexity index is 208. The highest BCUT2D eigenvalue weighted by Crippen LogP contribution is 1.96. The minimum absolute atomic E-state index is 0. The molecule has 0 atom stereocenters. The predicted octanol–water partition coefficient (Wildman–Crippen LogP) is 1.00. The summed E-state index contributed by atoms with van der Waals surface area (Å²) in [5.41, 5.74) is 0.331. The molecule has 0 saturated heterocycles. The largest absolute Gasteiger partial charge is 0.478 e. The Morgan fingerprint density at radius 2 is 1.70 bits per heavy atom. The summed E-state index contributed by atoms with van der Waals surface area (Å²) in [7, 11) is 0. The van der Waals surface area contributed by atoms with Crippen molar-refractivity contribution < 1.29 is 9.90 Å². The van der Waals surface area contributed by atoms with Crippen molar-refractivity contribution in [2.45, 2.75) is 0 Å². The van der Waals surface area contributed by atoms with Crippen LogP contribution in [-0.4, -0.2) is 34.1 Å². The molecule has 1 aromatic carbocycles. The van der Waals surface area contributed by atoms with Crippen LogP contribution in [0.1, 0.15) is 10.4 Å². The third kappa shape index (κ3) is 2.37. The molecule has 0 aliphatic carbocycles. The average molecular weight is 146 g/mol. The zero-order valence-electron chi connectivity index (χ0n) is 5.45. The molecule has 0 aliphatic rings. The Hall–Kier alpha value is -0.544. The quantitative estimate of drug-likeness (QED) is 0.600. The zero-order chi connectivity index (χ0) is 6.69. The second-order valence-corrected chi connectivity index (χ2v) is 1.67. The van der Waals surface area contributed by atoms with E-state index in [-0.39, 0.29) is 23.1 Å². The van der Waals surface area contributed by atoms with Crippen LogP contribution < -0.4 is 0 Å². The first-order chi connectivity index (χ1) is 4.30. The maximum absolute atomic E-state index is 10.2. The van der Waals surface area contributed by atoms with Gasteiger partial charge in [0.15, 0.2) is 0 Å². The molecule has 2 nitrogen and oxygen atoms in total. The highest BCUT2D eigenvalue weighted by molar-refractivity contribution is 5.87. The van der Waals surface area contributed by atoms with Gasteiger partial charge in [-0.1, -0.05) is 18.2 Å². The number of rotatable bonds is 1. The van der Waals surface area contributed by atoms with E-state index in [0.717, 1.165) is 0 Å². The summed E-state index contributed by atoms with van der Waals surface area (Å²) in [6, 6.07) is 8.30. The molecule has 10 heavy (non-hydrogen) atoms. The van der Waals surface area contributed by atoms with Gasteiger partial charge < -0.3 is 5.11 Å². The number of carbonyl (C=O) groups is 1. The molecule has 0 heterocycles. The van der Waals surface area contributed by atoms with Gasteiger partial charge in [0.05, 0.1) is 5.56 Å². The van der Waals surface area contributed by atoms with Gasteiger partial charge in [0, 0.05) is 23.1 Å². The van der Waals surface area contributed by atoms with Crippen molar-refractivity contribution in [3.8, 4) is 0 Å². The molecule has 1 N–H and O–H groups in total. The van der Waals surface area contributed by atoms with E-state index < -0.39 is 5.97 Å². The Morgan fingerprint density at radius 3 is 2.00 bits per heavy atom. The Labute approximate surface area is 75.0 Å². The number of carboxylic acid groups (broad SMARTS) is 1. The third-order valence-electron chi connectivity index (χ3n) is 1.02. The summed E-state index contributed by atoms with van der Waals surface area (Å²) >= 11 is 0. The predicted molar refractivity (Wildman–Crippen MR) is 39.2 cm³/mol. The first kappa shape index (κ1) is 9.46. The Balaban J connectivity index is 0.000000810. The standard InChI is InChI=1S/C7H6O2.Mg/c8-7(9)6-4-2-1-3-5-6;/h1-5H,(H,8,9);. The zero-order valence-corrected chi connectivity index (χ0v) is 6.86. The molecule has 0 aliphatic heterocycles. The number of carboxylic acids is 1. The topological polar surface area (TPSA) is 37.3 Å². The van der Waals surface area contributed by atoms with Crippen LogP contribution in [0, 0.1) is 0 Å². The van der Waals surface area contributed by atoms with Crippen LogP contribution in [-0.2, 0) is 0 Å². The van der Waals surface area contributed by atoms with Gasteiger partial charge in [0.2, 0.25) is 0 Å². The lowest BCUT2D eigenvalue weighted by Crippen LogP contribution is -1.93. The van der Waals surface area contributed by atoms with Crippen molar-refractivity contribution in [3.05, 3.63) is 35.9 Å². The summed E-state index contributed by atoms with van der Waals surface area (Å²) in [5.74, 6) is -0.879. The molecule has 0 saturated carbocycles. The van der Waals surface area contributed by atoms with E-state index in [1.807, 2.05) is 0 Å². The minimum Gasteiger partial charge on any atom is -0.478 e. The van der Waals surface area contributed by atoms with Gasteiger partial charge in [-0.3, -0.25) is 0 Å². The molecule has 2 radical (unpaired) electrons. The van der Waals surface area contributed by atoms with Crippen LogP contribution in [0.4, 0.5) is 0 Å². The maximum atomic E-state index is 10.2. The lowest BCUT2D eigenvalue weighted by Gasteiger charge is -1.88. The van der Waals surface area contributed by atoms with Crippen LogP contribution >= 0.6 is 0 Å². The van der Waals surface area contributed by atoms with E-state index in [1.54, 1.807) is 30.3 Å². The fourth-order valence-corrected chi connectivity index (χ4v) is 0.581. The van der Waals surface area contributed by atoms with E-state index in [1.165, 1.54) is 0 Å². The summed E-state index contributed by atoms with van der Waals surface area (Å²) in [4.78, 5) is 10.2. The second-order valence-electron chi connectivity index (χ2n) is 1.67. The van der Waals surface area contributed by atoms with Crippen molar-refractivity contribution in [3.63, 3.8) is 0 Å². The fraction of sp³-hybridized carbons (Fsp3) is 0. The highest BCUT2D eigenvalue weighted by Gasteiger charge is 1.96. The fourth-order valence-electron chi connectivity index (χ4n) is 0.581. The van der Waals surface area contributed by atoms with E-state index in [4.69, 9.17) is 5.11 Å². The smallest absolute Gasteiger partial charge is 0.335 e. The lowest BCUT2D eigenvalue weighted by atomic mass is 10.2. The lowest BCUT2D eigenvalue weighted by molar-refractivity contribution is 0.0697. The van der Waals surface area contributed by atoms with Crippen molar-refractivity contribution in [1.82, 2.24) is 0 Å². The van der Waals surface area contributed by atoms with Gasteiger partial charge >= 0.3 is 5.97 Å².